The lowest BCUT2D eigenvalue weighted by atomic mass is 10.2. The minimum atomic E-state index is -0.927. The molecular weight excluding hydrogens is 308 g/mol. The van der Waals surface area contributed by atoms with Gasteiger partial charge >= 0.3 is 5.97 Å². The normalized spacial score (nSPS) is 15.8. The lowest BCUT2D eigenvalue weighted by Gasteiger charge is -2.30. The van der Waals surface area contributed by atoms with Crippen LogP contribution in [0.15, 0.2) is 18.2 Å². The minimum absolute atomic E-state index is 0.267. The van der Waals surface area contributed by atoms with Gasteiger partial charge in [-0.25, -0.2) is 9.78 Å². The van der Waals surface area contributed by atoms with Gasteiger partial charge in [-0.2, -0.15) is 0 Å². The van der Waals surface area contributed by atoms with Crippen molar-refractivity contribution in [2.45, 2.75) is 6.92 Å². The van der Waals surface area contributed by atoms with Crippen LogP contribution in [0.1, 0.15) is 17.3 Å². The smallest absolute Gasteiger partial charge is 0.335 e. The fraction of sp³-hybridized carbons (Fsp3) is 0.529. The lowest BCUT2D eigenvalue weighted by molar-refractivity contribution is 0.0391. The summed E-state index contributed by atoms with van der Waals surface area (Å²) < 4.78 is 7.42. The van der Waals surface area contributed by atoms with E-state index in [1.54, 1.807) is 12.1 Å². The zero-order valence-electron chi connectivity index (χ0n) is 14.2. The molecule has 0 bridgehead atoms. The van der Waals surface area contributed by atoms with Gasteiger partial charge in [-0.05, 0) is 25.1 Å². The molecule has 3 rings (SSSR count). The SMILES string of the molecule is CCN(CCN1CCOCC1)c1nc2cc(C(=O)O)ccc2n1C. The van der Waals surface area contributed by atoms with Crippen LogP contribution in [-0.2, 0) is 11.8 Å². The van der Waals surface area contributed by atoms with E-state index >= 15 is 0 Å². The summed E-state index contributed by atoms with van der Waals surface area (Å²) in [5.74, 6) is -0.0490. The van der Waals surface area contributed by atoms with Crippen molar-refractivity contribution in [2.24, 2.45) is 7.05 Å². The number of ether oxygens (including phenoxy) is 1. The largest absolute Gasteiger partial charge is 0.478 e. The number of likely N-dealkylation sites (N-methyl/N-ethyl adjacent to an activating group) is 1. The van der Waals surface area contributed by atoms with Crippen molar-refractivity contribution < 1.29 is 14.6 Å². The third-order valence-corrected chi connectivity index (χ3v) is 4.56. The van der Waals surface area contributed by atoms with Gasteiger partial charge in [0.15, 0.2) is 0 Å². The average molecular weight is 332 g/mol. The predicted octanol–water partition coefficient (Wildman–Crippen LogP) is 1.43. The molecular formula is C17H24N4O3. The molecule has 7 heteroatoms. The fourth-order valence-electron chi connectivity index (χ4n) is 3.09. The number of rotatable bonds is 6. The third kappa shape index (κ3) is 3.37. The Labute approximate surface area is 141 Å². The number of carbonyl (C=O) groups is 1. The van der Waals surface area contributed by atoms with E-state index in [1.807, 2.05) is 17.7 Å². The van der Waals surface area contributed by atoms with Gasteiger partial charge in [0.05, 0.1) is 29.8 Å². The second-order valence-electron chi connectivity index (χ2n) is 6.01. The van der Waals surface area contributed by atoms with Crippen LogP contribution < -0.4 is 4.90 Å². The van der Waals surface area contributed by atoms with Crippen LogP contribution in [0.2, 0.25) is 0 Å². The van der Waals surface area contributed by atoms with Crippen LogP contribution in [0.5, 0.6) is 0 Å². The van der Waals surface area contributed by atoms with Crippen molar-refractivity contribution in [1.82, 2.24) is 14.5 Å². The predicted molar refractivity (Wildman–Crippen MR) is 92.8 cm³/mol. The van der Waals surface area contributed by atoms with E-state index in [-0.39, 0.29) is 5.56 Å². The Morgan fingerprint density at radius 3 is 2.79 bits per heavy atom. The molecule has 0 atom stereocenters. The van der Waals surface area contributed by atoms with Gasteiger partial charge in [0.2, 0.25) is 5.95 Å². The number of morpholine rings is 1. The first kappa shape index (κ1) is 16.7. The van der Waals surface area contributed by atoms with E-state index in [1.165, 1.54) is 0 Å². The number of anilines is 1. The Hall–Kier alpha value is -2.12. The second-order valence-corrected chi connectivity index (χ2v) is 6.01. The van der Waals surface area contributed by atoms with Crippen LogP contribution in [0.25, 0.3) is 11.0 Å². The minimum Gasteiger partial charge on any atom is -0.478 e. The van der Waals surface area contributed by atoms with Crippen molar-refractivity contribution in [3.63, 3.8) is 0 Å². The maximum absolute atomic E-state index is 11.1. The highest BCUT2D eigenvalue weighted by atomic mass is 16.5. The summed E-state index contributed by atoms with van der Waals surface area (Å²) in [6, 6.07) is 5.09. The van der Waals surface area contributed by atoms with E-state index in [4.69, 9.17) is 9.84 Å². The lowest BCUT2D eigenvalue weighted by Crippen LogP contribution is -2.42. The number of benzene rings is 1. The summed E-state index contributed by atoms with van der Waals surface area (Å²) in [5, 5.41) is 9.14. The highest BCUT2D eigenvalue weighted by molar-refractivity contribution is 5.93. The van der Waals surface area contributed by atoms with E-state index in [9.17, 15) is 4.79 Å². The first-order valence-electron chi connectivity index (χ1n) is 8.35. The second kappa shape index (κ2) is 7.19. The quantitative estimate of drug-likeness (QED) is 0.863. The van der Waals surface area contributed by atoms with Gasteiger partial charge in [-0.15, -0.1) is 0 Å². The van der Waals surface area contributed by atoms with Gasteiger partial charge in [-0.3, -0.25) is 4.90 Å². The average Bonchev–Trinajstić information content (AvgIpc) is 2.93. The number of aromatic nitrogens is 2. The van der Waals surface area contributed by atoms with E-state index < -0.39 is 5.97 Å². The molecule has 1 aromatic carbocycles. The molecule has 7 nitrogen and oxygen atoms in total. The Kier molecular flexibility index (Phi) is 5.01. The van der Waals surface area contributed by atoms with Crippen LogP contribution in [0.3, 0.4) is 0 Å². The number of fused-ring (bicyclic) bond motifs is 1. The third-order valence-electron chi connectivity index (χ3n) is 4.56. The number of hydrogen-bond donors (Lipinski definition) is 1. The molecule has 0 aliphatic carbocycles. The number of carboxylic acids is 1. The van der Waals surface area contributed by atoms with Crippen LogP contribution >= 0.6 is 0 Å². The molecule has 1 saturated heterocycles. The van der Waals surface area contributed by atoms with Crippen LogP contribution in [-0.4, -0.2) is 71.5 Å². The molecule has 1 fully saturated rings. The van der Waals surface area contributed by atoms with Gasteiger partial charge in [0.25, 0.3) is 0 Å². The number of carboxylic acid groups (broad SMARTS) is 1. The van der Waals surface area contributed by atoms with Crippen LogP contribution in [0.4, 0.5) is 5.95 Å². The molecule has 1 N–H and O–H groups in total. The summed E-state index contributed by atoms with van der Waals surface area (Å²) in [7, 11) is 1.97. The summed E-state index contributed by atoms with van der Waals surface area (Å²) in [4.78, 5) is 20.4. The summed E-state index contributed by atoms with van der Waals surface area (Å²) >= 11 is 0. The summed E-state index contributed by atoms with van der Waals surface area (Å²) in [5.41, 5.74) is 1.93. The molecule has 1 aliphatic heterocycles. The van der Waals surface area contributed by atoms with Crippen molar-refractivity contribution in [2.75, 3.05) is 50.8 Å². The maximum Gasteiger partial charge on any atom is 0.335 e. The standard InChI is InChI=1S/C17H24N4O3/c1-3-21(7-6-20-8-10-24-11-9-20)17-18-14-12-13(16(22)23)4-5-15(14)19(17)2/h4-5,12H,3,6-11H2,1-2H3,(H,22,23). The fourth-order valence-corrected chi connectivity index (χ4v) is 3.09. The zero-order valence-corrected chi connectivity index (χ0v) is 14.2. The number of imidazole rings is 1. The molecule has 0 unspecified atom stereocenters. The van der Waals surface area contributed by atoms with E-state index in [2.05, 4.69) is 21.7 Å². The first-order valence-corrected chi connectivity index (χ1v) is 8.35. The Morgan fingerprint density at radius 1 is 1.38 bits per heavy atom. The van der Waals surface area contributed by atoms with Crippen molar-refractivity contribution in [3.05, 3.63) is 23.8 Å². The molecule has 2 aromatic rings. The molecule has 0 radical (unpaired) electrons. The highest BCUT2D eigenvalue weighted by Crippen LogP contribution is 2.22. The Morgan fingerprint density at radius 2 is 2.12 bits per heavy atom. The molecule has 0 spiro atoms. The summed E-state index contributed by atoms with van der Waals surface area (Å²) in [6.45, 7) is 8.38. The van der Waals surface area contributed by atoms with Crippen molar-refractivity contribution in [3.8, 4) is 0 Å². The van der Waals surface area contributed by atoms with Gasteiger partial charge in [-0.1, -0.05) is 0 Å². The van der Waals surface area contributed by atoms with E-state index in [0.717, 1.165) is 62.9 Å². The van der Waals surface area contributed by atoms with Gasteiger partial charge in [0.1, 0.15) is 0 Å². The monoisotopic (exact) mass is 332 g/mol. The molecule has 1 aromatic heterocycles. The maximum atomic E-state index is 11.1. The summed E-state index contributed by atoms with van der Waals surface area (Å²) in [6.07, 6.45) is 0. The molecule has 0 amide bonds. The zero-order chi connectivity index (χ0) is 17.1. The number of aromatic carboxylic acids is 1. The first-order chi connectivity index (χ1) is 11.6. The van der Waals surface area contributed by atoms with Crippen LogP contribution in [0, 0.1) is 0 Å². The molecule has 0 saturated carbocycles. The molecule has 24 heavy (non-hydrogen) atoms. The highest BCUT2D eigenvalue weighted by Gasteiger charge is 2.17. The number of hydrogen-bond acceptors (Lipinski definition) is 5. The Bertz CT molecular complexity index is 722. The van der Waals surface area contributed by atoms with Gasteiger partial charge in [0, 0.05) is 39.8 Å². The number of aryl methyl sites for hydroxylation is 1. The molecule has 1 aliphatic rings. The Balaban J connectivity index is 1.80. The number of nitrogens with zero attached hydrogens (tertiary/aromatic N) is 4. The van der Waals surface area contributed by atoms with Gasteiger partial charge < -0.3 is 19.3 Å². The topological polar surface area (TPSA) is 70.8 Å². The van der Waals surface area contributed by atoms with Crippen molar-refractivity contribution in [1.29, 1.82) is 0 Å². The van der Waals surface area contributed by atoms with E-state index in [0.29, 0.717) is 0 Å². The molecule has 130 valence electrons. The van der Waals surface area contributed by atoms with Crippen molar-refractivity contribution >= 4 is 23.0 Å². The molecule has 2 heterocycles.